The molecule has 1 aliphatic carbocycles. The van der Waals surface area contributed by atoms with Gasteiger partial charge in [0.05, 0.1) is 18.8 Å². The average molecular weight is 364 g/mol. The Labute approximate surface area is 153 Å². The summed E-state index contributed by atoms with van der Waals surface area (Å²) in [6.45, 7) is 7.38. The molecule has 26 heavy (non-hydrogen) atoms. The van der Waals surface area contributed by atoms with Crippen molar-refractivity contribution >= 4 is 17.9 Å². The van der Waals surface area contributed by atoms with Crippen molar-refractivity contribution in [2.45, 2.75) is 63.9 Å². The summed E-state index contributed by atoms with van der Waals surface area (Å²) in [5, 5.41) is 11.0. The molecular weight excluding hydrogens is 336 g/mol. The van der Waals surface area contributed by atoms with Crippen LogP contribution in [0.15, 0.2) is 12.2 Å². The highest BCUT2D eigenvalue weighted by Crippen LogP contribution is 2.56. The maximum atomic E-state index is 12.7. The first-order valence-electron chi connectivity index (χ1n) is 9.29. The Balaban J connectivity index is 2.10. The van der Waals surface area contributed by atoms with Crippen molar-refractivity contribution in [1.29, 1.82) is 0 Å². The van der Waals surface area contributed by atoms with Crippen LogP contribution in [0.5, 0.6) is 0 Å². The van der Waals surface area contributed by atoms with Crippen molar-refractivity contribution in [3.8, 4) is 0 Å². The molecule has 6 heteroatoms. The maximum Gasteiger partial charge on any atom is 0.164 e. The first kappa shape index (κ1) is 19.4. The predicted octanol–water partition coefficient (Wildman–Crippen LogP) is 1.49. The van der Waals surface area contributed by atoms with Crippen molar-refractivity contribution in [3.05, 3.63) is 12.2 Å². The van der Waals surface area contributed by atoms with Crippen molar-refractivity contribution in [2.75, 3.05) is 6.61 Å². The van der Waals surface area contributed by atoms with E-state index >= 15 is 0 Å². The number of aldehydes is 1. The van der Waals surface area contributed by atoms with E-state index in [0.29, 0.717) is 12.9 Å². The van der Waals surface area contributed by atoms with Gasteiger partial charge in [0.2, 0.25) is 0 Å². The number of Topliss-reactive ketones (excluding diaryl/α,β-unsaturated/α-hetero) is 2. The number of ketones is 2. The van der Waals surface area contributed by atoms with Crippen LogP contribution in [0.2, 0.25) is 0 Å². The van der Waals surface area contributed by atoms with Crippen LogP contribution in [0.4, 0.5) is 0 Å². The molecule has 0 aromatic carbocycles. The molecule has 3 fully saturated rings. The molecule has 0 bridgehead atoms. The summed E-state index contributed by atoms with van der Waals surface area (Å²) in [5.41, 5.74) is -2.38. The third kappa shape index (κ3) is 2.98. The summed E-state index contributed by atoms with van der Waals surface area (Å²) in [6.07, 6.45) is 3.24. The van der Waals surface area contributed by atoms with Gasteiger partial charge in [-0.3, -0.25) is 14.4 Å². The second-order valence-electron chi connectivity index (χ2n) is 8.51. The Kier molecular flexibility index (Phi) is 4.97. The molecule has 2 saturated heterocycles. The lowest BCUT2D eigenvalue weighted by atomic mass is 9.58. The van der Waals surface area contributed by atoms with Crippen molar-refractivity contribution in [1.82, 2.24) is 0 Å². The molecule has 0 radical (unpaired) electrons. The molecule has 2 aliphatic heterocycles. The fourth-order valence-corrected chi connectivity index (χ4v) is 5.22. The van der Waals surface area contributed by atoms with Crippen molar-refractivity contribution < 1.29 is 29.0 Å². The Hall–Kier alpha value is -1.37. The molecule has 1 N–H and O–H groups in total. The summed E-state index contributed by atoms with van der Waals surface area (Å²) in [6, 6.07) is 0. The summed E-state index contributed by atoms with van der Waals surface area (Å²) in [4.78, 5) is 35.3. The standard InChI is InChI=1S/C20H28O6/c1-11-10-25-19(3,6-5-7-21)18-16-13(11)9-15(23)20(4,24)17(16)14(26-18)8-12(2)22/h5-7,11,13-14,16-18,24H,8-10H2,1-4H3/b6-5+/t11-,13-,14-,16-,17-,18-,19-,20-/m1/s1. The number of carbonyl (C=O) groups is 3. The smallest absolute Gasteiger partial charge is 0.164 e. The number of ether oxygens (including phenoxy) is 2. The van der Waals surface area contributed by atoms with Crippen LogP contribution in [0.3, 0.4) is 0 Å². The average Bonchev–Trinajstić information content (AvgIpc) is 2.90. The zero-order valence-corrected chi connectivity index (χ0v) is 15.8. The van der Waals surface area contributed by atoms with E-state index in [0.717, 1.165) is 0 Å². The molecule has 0 amide bonds. The maximum absolute atomic E-state index is 12.7. The third-order valence-electron chi connectivity index (χ3n) is 6.56. The number of allylic oxidation sites excluding steroid dienone is 1. The van der Waals surface area contributed by atoms with Gasteiger partial charge < -0.3 is 14.6 Å². The van der Waals surface area contributed by atoms with E-state index in [-0.39, 0.29) is 42.2 Å². The van der Waals surface area contributed by atoms with E-state index in [4.69, 9.17) is 9.47 Å². The molecule has 8 atom stereocenters. The van der Waals surface area contributed by atoms with Gasteiger partial charge in [0.1, 0.15) is 23.3 Å². The van der Waals surface area contributed by atoms with E-state index in [1.807, 2.05) is 13.8 Å². The SMILES string of the molecule is CC(=O)C[C@H]1O[C@@H]2[C@@H]3[C@H](CC(=O)[C@@](C)(O)[C@@H]31)[C@H](C)CO[C@]2(C)/C=C/C=O. The largest absolute Gasteiger partial charge is 0.382 e. The van der Waals surface area contributed by atoms with Gasteiger partial charge in [-0.2, -0.15) is 0 Å². The van der Waals surface area contributed by atoms with E-state index < -0.39 is 29.3 Å². The van der Waals surface area contributed by atoms with E-state index in [1.54, 1.807) is 13.0 Å². The third-order valence-corrected chi connectivity index (χ3v) is 6.56. The highest BCUT2D eigenvalue weighted by atomic mass is 16.6. The highest BCUT2D eigenvalue weighted by molar-refractivity contribution is 5.88. The van der Waals surface area contributed by atoms with Gasteiger partial charge >= 0.3 is 0 Å². The molecule has 1 saturated carbocycles. The minimum Gasteiger partial charge on any atom is -0.382 e. The lowest BCUT2D eigenvalue weighted by Gasteiger charge is -2.45. The molecule has 0 unspecified atom stereocenters. The Morgan fingerprint density at radius 3 is 2.69 bits per heavy atom. The molecule has 0 aromatic rings. The second-order valence-corrected chi connectivity index (χ2v) is 8.51. The quantitative estimate of drug-likeness (QED) is 0.600. The van der Waals surface area contributed by atoms with Crippen LogP contribution in [0.1, 0.15) is 40.5 Å². The van der Waals surface area contributed by atoms with Gasteiger partial charge in [0.15, 0.2) is 5.78 Å². The van der Waals surface area contributed by atoms with Gasteiger partial charge in [-0.15, -0.1) is 0 Å². The van der Waals surface area contributed by atoms with Crippen LogP contribution in [0.25, 0.3) is 0 Å². The van der Waals surface area contributed by atoms with Crippen molar-refractivity contribution in [3.63, 3.8) is 0 Å². The Bertz CT molecular complexity index is 638. The number of hydrogen-bond acceptors (Lipinski definition) is 6. The zero-order valence-electron chi connectivity index (χ0n) is 15.8. The molecule has 0 spiro atoms. The fraction of sp³-hybridized carbons (Fsp3) is 0.750. The first-order valence-corrected chi connectivity index (χ1v) is 9.29. The summed E-state index contributed by atoms with van der Waals surface area (Å²) in [7, 11) is 0. The van der Waals surface area contributed by atoms with Gasteiger partial charge in [-0.05, 0) is 44.8 Å². The lowest BCUT2D eigenvalue weighted by molar-refractivity contribution is -0.156. The predicted molar refractivity (Wildman–Crippen MR) is 93.4 cm³/mol. The van der Waals surface area contributed by atoms with Crippen LogP contribution in [-0.2, 0) is 23.9 Å². The monoisotopic (exact) mass is 364 g/mol. The van der Waals surface area contributed by atoms with Crippen LogP contribution in [0, 0.1) is 23.7 Å². The lowest BCUT2D eigenvalue weighted by Crippen LogP contribution is -2.57. The van der Waals surface area contributed by atoms with E-state index in [1.165, 1.54) is 13.0 Å². The van der Waals surface area contributed by atoms with Crippen LogP contribution >= 0.6 is 0 Å². The molecule has 3 aliphatic rings. The summed E-state index contributed by atoms with van der Waals surface area (Å²) < 4.78 is 12.4. The summed E-state index contributed by atoms with van der Waals surface area (Å²) >= 11 is 0. The number of hydrogen-bond donors (Lipinski definition) is 1. The van der Waals surface area contributed by atoms with Gasteiger partial charge in [0.25, 0.3) is 0 Å². The molecular formula is C20H28O6. The second kappa shape index (κ2) is 6.66. The van der Waals surface area contributed by atoms with E-state index in [9.17, 15) is 19.5 Å². The number of carbonyl (C=O) groups excluding carboxylic acids is 3. The number of aliphatic hydroxyl groups is 1. The number of rotatable bonds is 4. The molecule has 3 rings (SSSR count). The Morgan fingerprint density at radius 1 is 1.38 bits per heavy atom. The molecule has 0 aromatic heterocycles. The van der Waals surface area contributed by atoms with Crippen molar-refractivity contribution in [2.24, 2.45) is 23.7 Å². The molecule has 6 nitrogen and oxygen atoms in total. The molecule has 2 heterocycles. The first-order chi connectivity index (χ1) is 12.1. The van der Waals surface area contributed by atoms with Gasteiger partial charge in [-0.1, -0.05) is 6.92 Å². The Morgan fingerprint density at radius 2 is 2.08 bits per heavy atom. The van der Waals surface area contributed by atoms with Crippen LogP contribution in [-0.4, -0.2) is 53.0 Å². The minimum absolute atomic E-state index is 0.0149. The van der Waals surface area contributed by atoms with Crippen LogP contribution < -0.4 is 0 Å². The summed E-state index contributed by atoms with van der Waals surface area (Å²) in [5.74, 6) is -0.699. The van der Waals surface area contributed by atoms with Gasteiger partial charge in [0, 0.05) is 24.7 Å². The van der Waals surface area contributed by atoms with E-state index in [2.05, 4.69) is 0 Å². The van der Waals surface area contributed by atoms with Gasteiger partial charge in [-0.25, -0.2) is 0 Å². The topological polar surface area (TPSA) is 89.9 Å². The normalized spacial score (nSPS) is 48.3. The minimum atomic E-state index is -1.53. The fourth-order valence-electron chi connectivity index (χ4n) is 5.22. The molecule has 144 valence electrons. The highest BCUT2D eigenvalue weighted by Gasteiger charge is 2.65. The zero-order chi connectivity index (χ0) is 19.3.